The van der Waals surface area contributed by atoms with Crippen LogP contribution in [-0.2, 0) is 21.2 Å². The zero-order chi connectivity index (χ0) is 31.3. The number of nitrogens with one attached hydrogen (secondary N) is 2. The van der Waals surface area contributed by atoms with Crippen molar-refractivity contribution in [2.45, 2.75) is 52.0 Å². The topological polar surface area (TPSA) is 127 Å². The number of likely N-dealkylation sites (N-methyl/N-ethyl adjacent to an activating group) is 1. The van der Waals surface area contributed by atoms with Crippen LogP contribution in [0.4, 0.5) is 14.5 Å². The van der Waals surface area contributed by atoms with Crippen LogP contribution in [-0.4, -0.2) is 68.1 Å². The van der Waals surface area contributed by atoms with Gasteiger partial charge in [0.25, 0.3) is 5.91 Å². The van der Waals surface area contributed by atoms with Crippen LogP contribution in [0.5, 0.6) is 0 Å². The molecule has 232 valence electrons. The summed E-state index contributed by atoms with van der Waals surface area (Å²) in [5, 5.41) is 6.74. The number of amides is 2. The molecule has 43 heavy (non-hydrogen) atoms. The van der Waals surface area contributed by atoms with E-state index in [1.54, 1.807) is 6.07 Å². The molecule has 4 N–H and O–H groups in total. The molecule has 1 aromatic heterocycles. The van der Waals surface area contributed by atoms with Gasteiger partial charge < -0.3 is 21.3 Å². The summed E-state index contributed by atoms with van der Waals surface area (Å²) in [5.74, 6) is -2.58. The van der Waals surface area contributed by atoms with E-state index in [1.807, 2.05) is 32.8 Å². The number of hydrogen-bond donors (Lipinski definition) is 3. The Morgan fingerprint density at radius 1 is 1.09 bits per heavy atom. The fraction of sp³-hybridized carbons (Fsp3) is 0.484. The van der Waals surface area contributed by atoms with E-state index in [0.29, 0.717) is 60.9 Å². The largest absolute Gasteiger partial charge is 0.382 e. The van der Waals surface area contributed by atoms with E-state index in [0.717, 1.165) is 6.54 Å². The first kappa shape index (κ1) is 30.9. The molecule has 1 fully saturated rings. The molecule has 12 heteroatoms. The average Bonchev–Trinajstić information content (AvgIpc) is 3.20. The normalized spacial score (nSPS) is 21.0. The fourth-order valence-electron chi connectivity index (χ4n) is 6.53. The van der Waals surface area contributed by atoms with Crippen LogP contribution in [0.3, 0.4) is 0 Å². The van der Waals surface area contributed by atoms with Crippen molar-refractivity contribution < 1.29 is 26.8 Å². The Morgan fingerprint density at radius 3 is 2.44 bits per heavy atom. The molecule has 0 unspecified atom stereocenters. The highest BCUT2D eigenvalue weighted by atomic mass is 32.2. The maximum atomic E-state index is 15.7. The monoisotopic (exact) mass is 615 g/mol. The van der Waals surface area contributed by atoms with Gasteiger partial charge in [0, 0.05) is 41.7 Å². The summed E-state index contributed by atoms with van der Waals surface area (Å²) < 4.78 is 58.1. The van der Waals surface area contributed by atoms with Crippen LogP contribution in [0.25, 0.3) is 22.0 Å². The third kappa shape index (κ3) is 6.26. The van der Waals surface area contributed by atoms with Gasteiger partial charge in [0.2, 0.25) is 15.9 Å². The molecule has 1 aliphatic heterocycles. The van der Waals surface area contributed by atoms with E-state index < -0.39 is 33.0 Å². The number of fused-ring (bicyclic) bond motifs is 3. The lowest BCUT2D eigenvalue weighted by Gasteiger charge is -2.32. The maximum absolute atomic E-state index is 15.7. The Bertz CT molecular complexity index is 1690. The van der Waals surface area contributed by atoms with Gasteiger partial charge >= 0.3 is 0 Å². The lowest BCUT2D eigenvalue weighted by molar-refractivity contribution is -0.126. The third-order valence-corrected chi connectivity index (χ3v) is 10.5. The molecule has 2 heterocycles. The highest BCUT2D eigenvalue weighted by molar-refractivity contribution is 7.90. The summed E-state index contributed by atoms with van der Waals surface area (Å²) in [4.78, 5) is 27.0. The molecule has 2 aliphatic rings. The van der Waals surface area contributed by atoms with Crippen molar-refractivity contribution in [3.05, 3.63) is 53.2 Å². The van der Waals surface area contributed by atoms with Crippen molar-refractivity contribution in [1.29, 1.82) is 0 Å². The van der Waals surface area contributed by atoms with Gasteiger partial charge in [-0.1, -0.05) is 13.8 Å². The number of anilines is 1. The zero-order valence-corrected chi connectivity index (χ0v) is 25.8. The van der Waals surface area contributed by atoms with Crippen molar-refractivity contribution in [3.63, 3.8) is 0 Å². The average molecular weight is 616 g/mol. The van der Waals surface area contributed by atoms with Crippen molar-refractivity contribution in [2.24, 2.45) is 17.1 Å². The van der Waals surface area contributed by atoms with Crippen LogP contribution < -0.4 is 16.4 Å². The zero-order valence-electron chi connectivity index (χ0n) is 25.0. The van der Waals surface area contributed by atoms with Crippen molar-refractivity contribution in [1.82, 2.24) is 14.2 Å². The fourth-order valence-corrected chi connectivity index (χ4v) is 8.69. The van der Waals surface area contributed by atoms with E-state index in [-0.39, 0.29) is 40.4 Å². The van der Waals surface area contributed by atoms with Gasteiger partial charge in [0.05, 0.1) is 22.5 Å². The molecule has 0 atom stereocenters. The summed E-state index contributed by atoms with van der Waals surface area (Å²) in [6.07, 6.45) is 2.89. The van der Waals surface area contributed by atoms with Crippen molar-refractivity contribution in [2.75, 3.05) is 38.3 Å². The number of aromatic nitrogens is 1. The summed E-state index contributed by atoms with van der Waals surface area (Å²) in [6.45, 7) is 5.01. The van der Waals surface area contributed by atoms with Crippen molar-refractivity contribution in [3.8, 4) is 11.1 Å². The standard InChI is InChI=1S/C31H39F2N5O4S/c1-31(2)16-26-27(22-10-7-20(32)15-25(22)38(26)43(41,42)17-31)19-13-23(33)28(29(34)39)24(14-19)36-21-8-5-18(6-9-21)30(40)35-11-12-37(3)4/h7,10,13-15,18,21,36H,5-6,8-9,11-12,16-17H2,1-4H3,(H2,34,39)(H,35,40). The second kappa shape index (κ2) is 11.5. The molecule has 0 saturated heterocycles. The first-order valence-electron chi connectivity index (χ1n) is 14.6. The summed E-state index contributed by atoms with van der Waals surface area (Å²) in [7, 11) is 0.0480. The Kier molecular flexibility index (Phi) is 8.30. The van der Waals surface area contributed by atoms with Crippen LogP contribution in [0.2, 0.25) is 0 Å². The predicted molar refractivity (Wildman–Crippen MR) is 163 cm³/mol. The molecule has 0 radical (unpaired) electrons. The first-order valence-corrected chi connectivity index (χ1v) is 16.2. The van der Waals surface area contributed by atoms with Gasteiger partial charge in [-0.15, -0.1) is 0 Å². The first-order chi connectivity index (χ1) is 20.2. The number of carbonyl (C=O) groups excluding carboxylic acids is 2. The SMILES string of the molecule is CN(C)CCNC(=O)C1CCC(Nc2cc(-c3c4n(c5cc(F)ccc35)S(=O)(=O)CC(C)(C)C4)cc(F)c2C(N)=O)CC1. The quantitative estimate of drug-likeness (QED) is 0.351. The molecule has 9 nitrogen and oxygen atoms in total. The van der Waals surface area contributed by atoms with Crippen LogP contribution in [0.15, 0.2) is 30.3 Å². The summed E-state index contributed by atoms with van der Waals surface area (Å²) in [5.41, 5.74) is 6.38. The van der Waals surface area contributed by atoms with Gasteiger partial charge in [0.1, 0.15) is 11.6 Å². The maximum Gasteiger partial charge on any atom is 0.253 e. The molecule has 2 amide bonds. The van der Waals surface area contributed by atoms with Gasteiger partial charge in [-0.25, -0.2) is 21.2 Å². The van der Waals surface area contributed by atoms with Gasteiger partial charge in [-0.3, -0.25) is 9.59 Å². The molecule has 1 saturated carbocycles. The van der Waals surface area contributed by atoms with Crippen LogP contribution >= 0.6 is 0 Å². The molecule has 2 aromatic carbocycles. The van der Waals surface area contributed by atoms with E-state index in [1.165, 1.54) is 28.2 Å². The summed E-state index contributed by atoms with van der Waals surface area (Å²) >= 11 is 0. The van der Waals surface area contributed by atoms with Gasteiger partial charge in [0.15, 0.2) is 0 Å². The highest BCUT2D eigenvalue weighted by Crippen LogP contribution is 2.44. The minimum atomic E-state index is -3.84. The highest BCUT2D eigenvalue weighted by Gasteiger charge is 2.39. The third-order valence-electron chi connectivity index (χ3n) is 8.42. The Balaban J connectivity index is 1.50. The van der Waals surface area contributed by atoms with E-state index in [9.17, 15) is 22.4 Å². The van der Waals surface area contributed by atoms with Crippen LogP contribution in [0, 0.1) is 23.0 Å². The smallest absolute Gasteiger partial charge is 0.253 e. The Labute approximate surface area is 250 Å². The lowest BCUT2D eigenvalue weighted by Crippen LogP contribution is -2.38. The number of benzene rings is 2. The number of nitrogens with zero attached hydrogens (tertiary/aromatic N) is 2. The lowest BCUT2D eigenvalue weighted by atomic mass is 9.85. The molecule has 3 aromatic rings. The Hall–Kier alpha value is -3.51. The molecule has 0 spiro atoms. The van der Waals surface area contributed by atoms with Gasteiger partial charge in [-0.05, 0) is 87.5 Å². The molecule has 0 bridgehead atoms. The molecular formula is C31H39F2N5O4S. The van der Waals surface area contributed by atoms with Crippen molar-refractivity contribution >= 4 is 38.4 Å². The number of hydrogen-bond acceptors (Lipinski definition) is 6. The number of primary amides is 1. The molecule has 1 aliphatic carbocycles. The van der Waals surface area contributed by atoms with E-state index in [4.69, 9.17) is 5.73 Å². The molecule has 5 rings (SSSR count). The minimum Gasteiger partial charge on any atom is -0.382 e. The second-order valence-corrected chi connectivity index (χ2v) is 14.7. The summed E-state index contributed by atoms with van der Waals surface area (Å²) in [6, 6.07) is 6.61. The second-order valence-electron chi connectivity index (χ2n) is 12.9. The minimum absolute atomic E-state index is 0.0193. The van der Waals surface area contributed by atoms with Gasteiger partial charge in [-0.2, -0.15) is 0 Å². The predicted octanol–water partition coefficient (Wildman–Crippen LogP) is 4.09. The number of carbonyl (C=O) groups is 2. The number of halogens is 2. The number of rotatable bonds is 8. The van der Waals surface area contributed by atoms with E-state index >= 15 is 4.39 Å². The Morgan fingerprint density at radius 2 is 1.79 bits per heavy atom. The van der Waals surface area contributed by atoms with Crippen LogP contribution in [0.1, 0.15) is 55.6 Å². The molecular weight excluding hydrogens is 576 g/mol. The van der Waals surface area contributed by atoms with E-state index in [2.05, 4.69) is 10.6 Å². The number of nitrogens with two attached hydrogens (primary N) is 1.